The van der Waals surface area contributed by atoms with Gasteiger partial charge in [-0.3, -0.25) is 4.99 Å². The van der Waals surface area contributed by atoms with E-state index in [1.54, 1.807) is 19.5 Å². The first-order chi connectivity index (χ1) is 12.3. The average Bonchev–Trinajstić information content (AvgIpc) is 3.13. The molecule has 5 nitrogen and oxygen atoms in total. The normalized spacial score (nSPS) is 11.4. The van der Waals surface area contributed by atoms with Gasteiger partial charge in [-0.05, 0) is 30.3 Å². The molecular weight excluding hydrogens is 316 g/mol. The molecule has 0 aliphatic heterocycles. The van der Waals surface area contributed by atoms with Crippen molar-refractivity contribution in [3.8, 4) is 5.75 Å². The third kappa shape index (κ3) is 4.22. The molecule has 126 valence electrons. The van der Waals surface area contributed by atoms with E-state index in [0.717, 1.165) is 11.3 Å². The van der Waals surface area contributed by atoms with Gasteiger partial charge in [0, 0.05) is 5.56 Å². The summed E-state index contributed by atoms with van der Waals surface area (Å²) in [5.74, 6) is 1.92. The maximum absolute atomic E-state index is 9.32. The van der Waals surface area contributed by atoms with Gasteiger partial charge in [0.1, 0.15) is 23.0 Å². The van der Waals surface area contributed by atoms with Crippen molar-refractivity contribution in [1.29, 1.82) is 0 Å². The Morgan fingerprint density at radius 2 is 1.48 bits per heavy atom. The van der Waals surface area contributed by atoms with Crippen LogP contribution >= 0.6 is 0 Å². The maximum atomic E-state index is 9.32. The molecule has 1 aromatic heterocycles. The van der Waals surface area contributed by atoms with Crippen LogP contribution in [0.3, 0.4) is 0 Å². The lowest BCUT2D eigenvalue weighted by molar-refractivity contribution is 0.282. The Hall–Kier alpha value is -3.18. The highest BCUT2D eigenvalue weighted by Gasteiger charge is 2.01. The summed E-state index contributed by atoms with van der Waals surface area (Å²) in [5, 5.41) is 9.32. The maximum Gasteiger partial charge on any atom is 0.145 e. The second kappa shape index (κ2) is 8.08. The highest BCUT2D eigenvalue weighted by Crippen LogP contribution is 2.26. The summed E-state index contributed by atoms with van der Waals surface area (Å²) in [6, 6.07) is 18.6. The molecule has 0 saturated heterocycles. The number of para-hydroxylation sites is 3. The smallest absolute Gasteiger partial charge is 0.145 e. The minimum absolute atomic E-state index is 0.0531. The fraction of sp³-hybridized carbons (Fsp3) is 0.100. The molecule has 0 fully saturated rings. The molecule has 0 unspecified atom stereocenters. The van der Waals surface area contributed by atoms with E-state index in [1.807, 2.05) is 60.7 Å². The average molecular weight is 334 g/mol. The molecule has 0 radical (unpaired) electrons. The molecule has 3 rings (SSSR count). The first-order valence-corrected chi connectivity index (χ1v) is 7.80. The number of methoxy groups -OCH3 is 1. The molecule has 1 N–H and O–H groups in total. The van der Waals surface area contributed by atoms with Gasteiger partial charge >= 0.3 is 0 Å². The SMILES string of the molecule is COc1ccccc1N=Cc1ccc(C=Nc2ccccc2CO)o1. The molecule has 2 aromatic carbocycles. The third-order valence-electron chi connectivity index (χ3n) is 3.56. The second-order valence-electron chi connectivity index (χ2n) is 5.22. The lowest BCUT2D eigenvalue weighted by Gasteiger charge is -2.01. The zero-order valence-electron chi connectivity index (χ0n) is 13.8. The first kappa shape index (κ1) is 16.7. The standard InChI is InChI=1S/C20H18N2O3/c1-24-20-9-5-4-8-19(20)22-13-17-11-10-16(25-17)12-21-18-7-3-2-6-15(18)14-23/h2-13,23H,14H2,1H3. The van der Waals surface area contributed by atoms with E-state index in [9.17, 15) is 5.11 Å². The van der Waals surface area contributed by atoms with Crippen LogP contribution in [0.5, 0.6) is 5.75 Å². The predicted octanol–water partition coefficient (Wildman–Crippen LogP) is 4.28. The van der Waals surface area contributed by atoms with E-state index in [0.29, 0.717) is 23.0 Å². The number of nitrogens with zero attached hydrogens (tertiary/aromatic N) is 2. The summed E-state index contributed by atoms with van der Waals surface area (Å²) in [6.07, 6.45) is 3.26. The second-order valence-corrected chi connectivity index (χ2v) is 5.22. The number of aliphatic hydroxyl groups is 1. The fourth-order valence-corrected chi connectivity index (χ4v) is 2.28. The molecule has 0 saturated carbocycles. The van der Waals surface area contributed by atoms with Crippen LogP contribution in [0.2, 0.25) is 0 Å². The largest absolute Gasteiger partial charge is 0.494 e. The van der Waals surface area contributed by atoms with Crippen molar-refractivity contribution in [3.63, 3.8) is 0 Å². The molecule has 0 bridgehead atoms. The number of aliphatic hydroxyl groups excluding tert-OH is 1. The van der Waals surface area contributed by atoms with Gasteiger partial charge in [0.15, 0.2) is 0 Å². The van der Waals surface area contributed by atoms with Crippen molar-refractivity contribution in [2.45, 2.75) is 6.61 Å². The molecule has 0 aliphatic carbocycles. The zero-order valence-corrected chi connectivity index (χ0v) is 13.8. The number of hydrogen-bond acceptors (Lipinski definition) is 5. The summed E-state index contributed by atoms with van der Waals surface area (Å²) >= 11 is 0. The van der Waals surface area contributed by atoms with Crippen LogP contribution in [0.4, 0.5) is 11.4 Å². The van der Waals surface area contributed by atoms with E-state index in [4.69, 9.17) is 9.15 Å². The van der Waals surface area contributed by atoms with Crippen molar-refractivity contribution in [2.75, 3.05) is 7.11 Å². The Balaban J connectivity index is 1.74. The summed E-state index contributed by atoms with van der Waals surface area (Å²) in [4.78, 5) is 8.75. The van der Waals surface area contributed by atoms with E-state index >= 15 is 0 Å². The Bertz CT molecular complexity index is 825. The van der Waals surface area contributed by atoms with E-state index < -0.39 is 0 Å². The number of hydrogen-bond donors (Lipinski definition) is 1. The number of rotatable bonds is 6. The van der Waals surface area contributed by atoms with Crippen LogP contribution in [0.1, 0.15) is 17.1 Å². The predicted molar refractivity (Wildman–Crippen MR) is 98.6 cm³/mol. The Morgan fingerprint density at radius 3 is 2.16 bits per heavy atom. The summed E-state index contributed by atoms with van der Waals surface area (Å²) in [7, 11) is 1.61. The topological polar surface area (TPSA) is 67.3 Å². The van der Waals surface area contributed by atoms with Gasteiger partial charge in [0.05, 0.1) is 31.8 Å². The third-order valence-corrected chi connectivity index (χ3v) is 3.56. The van der Waals surface area contributed by atoms with Crippen molar-refractivity contribution < 1.29 is 14.3 Å². The number of benzene rings is 2. The van der Waals surface area contributed by atoms with Gasteiger partial charge in [-0.25, -0.2) is 4.99 Å². The monoisotopic (exact) mass is 334 g/mol. The lowest BCUT2D eigenvalue weighted by atomic mass is 10.2. The molecular formula is C20H18N2O3. The first-order valence-electron chi connectivity index (χ1n) is 7.80. The molecule has 0 atom stereocenters. The molecule has 0 amide bonds. The summed E-state index contributed by atoms with van der Waals surface area (Å²) < 4.78 is 10.9. The Labute approximate surface area is 145 Å². The number of furan rings is 1. The van der Waals surface area contributed by atoms with Gasteiger partial charge < -0.3 is 14.3 Å². The van der Waals surface area contributed by atoms with Crippen molar-refractivity contribution in [1.82, 2.24) is 0 Å². The van der Waals surface area contributed by atoms with Gasteiger partial charge in [-0.15, -0.1) is 0 Å². The summed E-state index contributed by atoms with van der Waals surface area (Å²) in [5.41, 5.74) is 2.21. The van der Waals surface area contributed by atoms with Crippen LogP contribution < -0.4 is 4.74 Å². The molecule has 0 aliphatic rings. The van der Waals surface area contributed by atoms with Crippen molar-refractivity contribution >= 4 is 23.8 Å². The number of ether oxygens (including phenoxy) is 1. The quantitative estimate of drug-likeness (QED) is 0.684. The van der Waals surface area contributed by atoms with Crippen LogP contribution in [0.15, 0.2) is 75.1 Å². The highest BCUT2D eigenvalue weighted by molar-refractivity contribution is 5.84. The molecule has 0 spiro atoms. The summed E-state index contributed by atoms with van der Waals surface area (Å²) in [6.45, 7) is -0.0531. The Morgan fingerprint density at radius 1 is 0.880 bits per heavy atom. The van der Waals surface area contributed by atoms with Crippen LogP contribution in [0, 0.1) is 0 Å². The van der Waals surface area contributed by atoms with Gasteiger partial charge in [-0.1, -0.05) is 30.3 Å². The van der Waals surface area contributed by atoms with E-state index in [-0.39, 0.29) is 6.61 Å². The van der Waals surface area contributed by atoms with E-state index in [2.05, 4.69) is 9.98 Å². The van der Waals surface area contributed by atoms with Gasteiger partial charge in [0.2, 0.25) is 0 Å². The molecule has 25 heavy (non-hydrogen) atoms. The minimum Gasteiger partial charge on any atom is -0.494 e. The molecule has 3 aromatic rings. The zero-order chi connectivity index (χ0) is 17.5. The van der Waals surface area contributed by atoms with Crippen LogP contribution in [0.25, 0.3) is 0 Å². The van der Waals surface area contributed by atoms with Crippen LogP contribution in [-0.2, 0) is 6.61 Å². The highest BCUT2D eigenvalue weighted by atomic mass is 16.5. The number of aliphatic imine (C=N–C) groups is 2. The minimum atomic E-state index is -0.0531. The van der Waals surface area contributed by atoms with Crippen molar-refractivity contribution in [3.05, 3.63) is 77.7 Å². The fourth-order valence-electron chi connectivity index (χ4n) is 2.28. The Kier molecular flexibility index (Phi) is 5.39. The van der Waals surface area contributed by atoms with Gasteiger partial charge in [0.25, 0.3) is 0 Å². The van der Waals surface area contributed by atoms with Gasteiger partial charge in [-0.2, -0.15) is 0 Å². The lowest BCUT2D eigenvalue weighted by Crippen LogP contribution is -1.84. The van der Waals surface area contributed by atoms with Crippen LogP contribution in [-0.4, -0.2) is 24.6 Å². The van der Waals surface area contributed by atoms with Crippen molar-refractivity contribution in [2.24, 2.45) is 9.98 Å². The molecule has 5 heteroatoms. The van der Waals surface area contributed by atoms with E-state index in [1.165, 1.54) is 0 Å². The molecule has 1 heterocycles.